The number of aromatic nitrogens is 1. The average molecular weight is 559 g/mol. The van der Waals surface area contributed by atoms with Crippen LogP contribution in [0.15, 0.2) is 54.5 Å². The zero-order valence-corrected chi connectivity index (χ0v) is 23.8. The molecule has 1 fully saturated rings. The Morgan fingerprint density at radius 1 is 1.15 bits per heavy atom. The van der Waals surface area contributed by atoms with Crippen molar-refractivity contribution in [3.63, 3.8) is 0 Å². The van der Waals surface area contributed by atoms with Gasteiger partial charge in [-0.3, -0.25) is 9.99 Å². The van der Waals surface area contributed by atoms with Crippen molar-refractivity contribution in [3.8, 4) is 12.1 Å². The second-order valence-electron chi connectivity index (χ2n) is 11.4. The van der Waals surface area contributed by atoms with E-state index in [1.807, 2.05) is 55.5 Å². The molecule has 1 unspecified atom stereocenters. The van der Waals surface area contributed by atoms with E-state index in [1.165, 1.54) is 0 Å². The van der Waals surface area contributed by atoms with Gasteiger partial charge in [0.25, 0.3) is 0 Å². The molecule has 2 aromatic carbocycles. The lowest BCUT2D eigenvalue weighted by molar-refractivity contribution is 0.216. The molecule has 1 aliphatic heterocycles. The smallest absolute Gasteiger partial charge is 0.148 e. The van der Waals surface area contributed by atoms with Gasteiger partial charge < -0.3 is 16.1 Å². The molecule has 1 aromatic heterocycles. The molecule has 11 heteroatoms. The minimum atomic E-state index is -0.845. The molecule has 0 radical (unpaired) electrons. The summed E-state index contributed by atoms with van der Waals surface area (Å²) in [6, 6.07) is 16.1. The van der Waals surface area contributed by atoms with Crippen LogP contribution in [0.5, 0.6) is 0 Å². The van der Waals surface area contributed by atoms with Crippen LogP contribution in [0.4, 0.5) is 11.4 Å². The van der Waals surface area contributed by atoms with Gasteiger partial charge in [0.05, 0.1) is 39.0 Å². The number of nitrogens with zero attached hydrogens (tertiary/aromatic N) is 4. The fourth-order valence-corrected chi connectivity index (χ4v) is 5.31. The molecule has 0 amide bonds. The fraction of sp³-hybridized carbons (Fsp3) is 0.321. The quantitative estimate of drug-likeness (QED) is 0.300. The van der Waals surface area contributed by atoms with Gasteiger partial charge in [0.1, 0.15) is 19.5 Å². The van der Waals surface area contributed by atoms with E-state index in [9.17, 15) is 10.5 Å². The van der Waals surface area contributed by atoms with E-state index in [4.69, 9.17) is 23.2 Å². The molecule has 1 aliphatic carbocycles. The number of anilines is 2. The van der Waals surface area contributed by atoms with Crippen molar-refractivity contribution in [1.29, 1.82) is 10.5 Å². The number of nitriles is 2. The number of halogens is 2. The van der Waals surface area contributed by atoms with Crippen LogP contribution in [0.3, 0.4) is 0 Å². The number of nitrogens with one attached hydrogen (secondary N) is 4. The summed E-state index contributed by atoms with van der Waals surface area (Å²) < 4.78 is 0. The first kappa shape index (κ1) is 27.0. The Bertz CT molecular complexity index is 1560. The molecule has 0 spiro atoms. The number of hydrogen-bond donors (Lipinski definition) is 4. The predicted octanol–water partition coefficient (Wildman–Crippen LogP) is 4.99. The Morgan fingerprint density at radius 3 is 2.54 bits per heavy atom. The molecule has 1 atom stereocenters. The second-order valence-corrected chi connectivity index (χ2v) is 12.3. The highest BCUT2D eigenvalue weighted by atomic mass is 35.5. The van der Waals surface area contributed by atoms with Gasteiger partial charge in [-0.05, 0) is 42.0 Å². The minimum Gasteiger partial charge on any atom is -0.383 e. The van der Waals surface area contributed by atoms with Crippen molar-refractivity contribution in [1.82, 2.24) is 21.0 Å². The number of fused-ring (bicyclic) bond motifs is 1. The van der Waals surface area contributed by atoms with Gasteiger partial charge in [0.2, 0.25) is 0 Å². The molecule has 3 aromatic rings. The SMILES string of the molecule is BC(Nc1cc(Cl)c2ncc(C#N)c(NCC(C)(C)C)c2c1)(C1=CN(C2(C#N)CC2)NN1)c1ccccc1Cl. The largest absolute Gasteiger partial charge is 0.383 e. The molecular formula is C28H29BCl2N8. The lowest BCUT2D eigenvalue weighted by Crippen LogP contribution is -2.47. The molecule has 8 nitrogen and oxygen atoms in total. The predicted molar refractivity (Wildman–Crippen MR) is 158 cm³/mol. The Kier molecular flexibility index (Phi) is 6.80. The van der Waals surface area contributed by atoms with Gasteiger partial charge in [-0.2, -0.15) is 10.5 Å². The summed E-state index contributed by atoms with van der Waals surface area (Å²) in [5, 5.41) is 30.3. The summed E-state index contributed by atoms with van der Waals surface area (Å²) in [5.41, 5.74) is 9.06. The van der Waals surface area contributed by atoms with Crippen molar-refractivity contribution < 1.29 is 0 Å². The summed E-state index contributed by atoms with van der Waals surface area (Å²) in [7, 11) is 2.02. The Morgan fingerprint density at radius 2 is 1.90 bits per heavy atom. The second kappa shape index (κ2) is 9.84. The van der Waals surface area contributed by atoms with Gasteiger partial charge in [0.15, 0.2) is 0 Å². The van der Waals surface area contributed by atoms with E-state index in [2.05, 4.69) is 59.5 Å². The first-order valence-corrected chi connectivity index (χ1v) is 13.5. The summed E-state index contributed by atoms with van der Waals surface area (Å²) >= 11 is 13.5. The standard InChI is InChI=1S/C28H29BCl2N8/c1-26(2,3)16-35-24-17(12-32)13-34-25-19(24)10-18(11-22(25)31)36-28(29,20-6-4-5-7-21(20)30)23-14-39(38-37-23)27(15-33)8-9-27/h4-7,10-11,13-14,36-38H,8-9,16,29H2,1-3H3,(H,34,35). The Labute approximate surface area is 239 Å². The van der Waals surface area contributed by atoms with E-state index in [-0.39, 0.29) is 5.41 Å². The highest BCUT2D eigenvalue weighted by molar-refractivity contribution is 6.36. The number of hydrogen-bond acceptors (Lipinski definition) is 8. The first-order valence-electron chi connectivity index (χ1n) is 12.7. The van der Waals surface area contributed by atoms with Crippen molar-refractivity contribution in [3.05, 3.63) is 75.7 Å². The molecule has 0 bridgehead atoms. The maximum Gasteiger partial charge on any atom is 0.148 e. The average Bonchev–Trinajstić information content (AvgIpc) is 3.53. The number of hydrazine groups is 2. The third-order valence-corrected chi connectivity index (χ3v) is 7.77. The highest BCUT2D eigenvalue weighted by Crippen LogP contribution is 2.44. The molecule has 2 heterocycles. The summed E-state index contributed by atoms with van der Waals surface area (Å²) in [6.07, 6.45) is 5.05. The Hall–Kier alpha value is -3.63. The van der Waals surface area contributed by atoms with Crippen LogP contribution in [-0.4, -0.2) is 29.9 Å². The molecule has 4 N–H and O–H groups in total. The molecule has 2 aliphatic rings. The van der Waals surface area contributed by atoms with E-state index in [1.54, 1.807) is 6.20 Å². The third-order valence-electron chi connectivity index (χ3n) is 7.15. The van der Waals surface area contributed by atoms with Crippen molar-refractivity contribution in [2.75, 3.05) is 17.2 Å². The van der Waals surface area contributed by atoms with Crippen LogP contribution in [0, 0.1) is 28.1 Å². The zero-order chi connectivity index (χ0) is 28.0. The molecule has 1 saturated carbocycles. The van der Waals surface area contributed by atoms with E-state index >= 15 is 0 Å². The van der Waals surface area contributed by atoms with Gasteiger partial charge in [-0.25, -0.2) is 0 Å². The van der Waals surface area contributed by atoms with E-state index in [0.717, 1.165) is 29.5 Å². The minimum absolute atomic E-state index is 0.00750. The maximum atomic E-state index is 9.83. The molecule has 39 heavy (non-hydrogen) atoms. The topological polar surface area (TPSA) is 112 Å². The number of rotatable bonds is 7. The van der Waals surface area contributed by atoms with Crippen LogP contribution in [-0.2, 0) is 5.44 Å². The van der Waals surface area contributed by atoms with Crippen LogP contribution >= 0.6 is 23.2 Å². The van der Waals surface area contributed by atoms with Crippen LogP contribution in [0.25, 0.3) is 10.9 Å². The summed E-state index contributed by atoms with van der Waals surface area (Å²) in [5.74, 6) is 0. The number of pyridine rings is 1. The van der Waals surface area contributed by atoms with Crippen LogP contribution < -0.4 is 21.6 Å². The van der Waals surface area contributed by atoms with Gasteiger partial charge in [0, 0.05) is 35.0 Å². The maximum absolute atomic E-state index is 9.83. The molecule has 0 saturated heterocycles. The van der Waals surface area contributed by atoms with Gasteiger partial charge in [-0.15, -0.1) is 5.53 Å². The van der Waals surface area contributed by atoms with Gasteiger partial charge >= 0.3 is 0 Å². The Balaban J connectivity index is 1.62. The van der Waals surface area contributed by atoms with Crippen molar-refractivity contribution in [2.45, 2.75) is 44.6 Å². The normalized spacial score (nSPS) is 17.4. The number of benzene rings is 2. The van der Waals surface area contributed by atoms with Crippen LogP contribution in [0.1, 0.15) is 44.7 Å². The van der Waals surface area contributed by atoms with E-state index in [0.29, 0.717) is 39.0 Å². The lowest BCUT2D eigenvalue weighted by Gasteiger charge is -2.34. The molecular weight excluding hydrogens is 530 g/mol. The lowest BCUT2D eigenvalue weighted by atomic mass is 9.69. The summed E-state index contributed by atoms with van der Waals surface area (Å²) in [6.45, 7) is 7.04. The molecule has 198 valence electrons. The third kappa shape index (κ3) is 5.06. The van der Waals surface area contributed by atoms with Crippen molar-refractivity contribution in [2.24, 2.45) is 5.41 Å². The van der Waals surface area contributed by atoms with Gasteiger partial charge in [-0.1, -0.05) is 62.2 Å². The highest BCUT2D eigenvalue weighted by Gasteiger charge is 2.51. The molecule has 5 rings (SSSR count). The zero-order valence-electron chi connectivity index (χ0n) is 22.3. The van der Waals surface area contributed by atoms with E-state index < -0.39 is 11.0 Å². The summed E-state index contributed by atoms with van der Waals surface area (Å²) in [4.78, 5) is 4.48. The monoisotopic (exact) mass is 558 g/mol. The van der Waals surface area contributed by atoms with Crippen molar-refractivity contribution >= 4 is 53.3 Å². The first-order chi connectivity index (χ1) is 18.5. The fourth-order valence-electron chi connectivity index (χ4n) is 4.72. The van der Waals surface area contributed by atoms with Crippen LogP contribution in [0.2, 0.25) is 10.0 Å².